The fraction of sp³-hybridized carbons (Fsp3) is 0.381. The number of nitrogens with zero attached hydrogens (tertiary/aromatic N) is 2. The summed E-state index contributed by atoms with van der Waals surface area (Å²) in [6, 6.07) is 12.3. The lowest BCUT2D eigenvalue weighted by Crippen LogP contribution is -2.30. The zero-order valence-electron chi connectivity index (χ0n) is 15.5. The third-order valence-electron chi connectivity index (χ3n) is 4.98. The maximum Gasteiger partial charge on any atom is 0.416 e. The smallest absolute Gasteiger partial charge is 0.416 e. The van der Waals surface area contributed by atoms with Gasteiger partial charge in [0.25, 0.3) is 0 Å². The van der Waals surface area contributed by atoms with Gasteiger partial charge in [0, 0.05) is 26.2 Å². The van der Waals surface area contributed by atoms with Crippen LogP contribution < -0.4 is 0 Å². The predicted molar refractivity (Wildman–Crippen MR) is 100 cm³/mol. The highest BCUT2D eigenvalue weighted by Gasteiger charge is 2.30. The molecule has 1 heterocycles. The summed E-state index contributed by atoms with van der Waals surface area (Å²) in [5.74, 6) is -0.930. The van der Waals surface area contributed by atoms with Crippen molar-refractivity contribution in [3.63, 3.8) is 0 Å². The minimum absolute atomic E-state index is 0.280. The molecule has 7 heteroatoms. The maximum atomic E-state index is 12.7. The molecular formula is C21H23F3N2O2. The first-order chi connectivity index (χ1) is 13.3. The Kier molecular flexibility index (Phi) is 6.36. The van der Waals surface area contributed by atoms with Crippen LogP contribution in [0.3, 0.4) is 0 Å². The van der Waals surface area contributed by atoms with Gasteiger partial charge in [-0.15, -0.1) is 0 Å². The molecule has 150 valence electrons. The van der Waals surface area contributed by atoms with Crippen molar-refractivity contribution < 1.29 is 23.1 Å². The molecular weight excluding hydrogens is 369 g/mol. The molecule has 1 aliphatic heterocycles. The molecule has 4 nitrogen and oxygen atoms in total. The number of carboxylic acids is 1. The number of alkyl halides is 3. The van der Waals surface area contributed by atoms with Gasteiger partial charge in [-0.25, -0.2) is 4.79 Å². The van der Waals surface area contributed by atoms with Crippen molar-refractivity contribution >= 4 is 5.97 Å². The van der Waals surface area contributed by atoms with Gasteiger partial charge in [-0.1, -0.05) is 24.3 Å². The van der Waals surface area contributed by atoms with Crippen LogP contribution in [0.4, 0.5) is 13.2 Å². The molecule has 1 fully saturated rings. The van der Waals surface area contributed by atoms with E-state index in [0.717, 1.165) is 62.4 Å². The second kappa shape index (κ2) is 8.75. The van der Waals surface area contributed by atoms with E-state index in [1.54, 1.807) is 24.3 Å². The van der Waals surface area contributed by atoms with Crippen LogP contribution in [0.15, 0.2) is 48.5 Å². The number of hydrogen-bond acceptors (Lipinski definition) is 3. The van der Waals surface area contributed by atoms with Crippen LogP contribution in [0.5, 0.6) is 0 Å². The molecule has 1 saturated heterocycles. The SMILES string of the molecule is O=C(O)c1ccc(CN2CCCN(Cc3ccc(C(F)(F)F)cc3)CC2)cc1. The van der Waals surface area contributed by atoms with Crippen LogP contribution in [0.1, 0.15) is 33.5 Å². The van der Waals surface area contributed by atoms with E-state index < -0.39 is 17.7 Å². The summed E-state index contributed by atoms with van der Waals surface area (Å²) in [6.07, 6.45) is -3.32. The topological polar surface area (TPSA) is 43.8 Å². The summed E-state index contributed by atoms with van der Waals surface area (Å²) < 4.78 is 38.0. The van der Waals surface area contributed by atoms with E-state index in [4.69, 9.17) is 5.11 Å². The Hall–Kier alpha value is -2.38. The first-order valence-electron chi connectivity index (χ1n) is 9.24. The van der Waals surface area contributed by atoms with Crippen molar-refractivity contribution in [2.24, 2.45) is 0 Å². The molecule has 0 saturated carbocycles. The van der Waals surface area contributed by atoms with Gasteiger partial charge in [-0.3, -0.25) is 9.80 Å². The van der Waals surface area contributed by atoms with Gasteiger partial charge in [-0.05, 0) is 54.9 Å². The Morgan fingerprint density at radius 1 is 0.821 bits per heavy atom. The van der Waals surface area contributed by atoms with Gasteiger partial charge in [0.1, 0.15) is 0 Å². The number of carbonyl (C=O) groups is 1. The summed E-state index contributed by atoms with van der Waals surface area (Å²) >= 11 is 0. The summed E-state index contributed by atoms with van der Waals surface area (Å²) in [5.41, 5.74) is 1.61. The van der Waals surface area contributed by atoms with Crippen LogP contribution in [0, 0.1) is 0 Å². The molecule has 0 aromatic heterocycles. The van der Waals surface area contributed by atoms with Gasteiger partial charge in [0.15, 0.2) is 0 Å². The van der Waals surface area contributed by atoms with Crippen molar-refractivity contribution in [3.05, 3.63) is 70.8 Å². The van der Waals surface area contributed by atoms with Crippen LogP contribution in [0.2, 0.25) is 0 Å². The quantitative estimate of drug-likeness (QED) is 0.832. The van der Waals surface area contributed by atoms with E-state index in [1.165, 1.54) is 0 Å². The molecule has 0 aliphatic carbocycles. The number of rotatable bonds is 5. The van der Waals surface area contributed by atoms with Crippen molar-refractivity contribution in [2.75, 3.05) is 26.2 Å². The highest BCUT2D eigenvalue weighted by molar-refractivity contribution is 5.87. The number of benzene rings is 2. The Balaban J connectivity index is 1.52. The maximum absolute atomic E-state index is 12.7. The summed E-state index contributed by atoms with van der Waals surface area (Å²) in [6.45, 7) is 4.93. The zero-order chi connectivity index (χ0) is 20.1. The van der Waals surface area contributed by atoms with Gasteiger partial charge in [0.2, 0.25) is 0 Å². The van der Waals surface area contributed by atoms with Crippen molar-refractivity contribution in [1.82, 2.24) is 9.80 Å². The molecule has 0 radical (unpaired) electrons. The van der Waals surface area contributed by atoms with E-state index in [-0.39, 0.29) is 5.56 Å². The molecule has 0 spiro atoms. The molecule has 2 aromatic carbocycles. The van der Waals surface area contributed by atoms with E-state index in [0.29, 0.717) is 6.54 Å². The van der Waals surface area contributed by atoms with E-state index in [9.17, 15) is 18.0 Å². The van der Waals surface area contributed by atoms with Crippen LogP contribution >= 0.6 is 0 Å². The Morgan fingerprint density at radius 3 is 1.71 bits per heavy atom. The molecule has 2 aromatic rings. The van der Waals surface area contributed by atoms with Gasteiger partial charge in [-0.2, -0.15) is 13.2 Å². The fourth-order valence-electron chi connectivity index (χ4n) is 3.41. The first-order valence-corrected chi connectivity index (χ1v) is 9.24. The Bertz CT molecular complexity index is 789. The molecule has 0 bridgehead atoms. The van der Waals surface area contributed by atoms with Gasteiger partial charge < -0.3 is 5.11 Å². The van der Waals surface area contributed by atoms with E-state index >= 15 is 0 Å². The molecule has 28 heavy (non-hydrogen) atoms. The number of carboxylic acid groups (broad SMARTS) is 1. The largest absolute Gasteiger partial charge is 0.478 e. The van der Waals surface area contributed by atoms with E-state index in [2.05, 4.69) is 9.80 Å². The molecule has 0 amide bonds. The second-order valence-corrected chi connectivity index (χ2v) is 7.10. The van der Waals surface area contributed by atoms with E-state index in [1.807, 2.05) is 12.1 Å². The van der Waals surface area contributed by atoms with Gasteiger partial charge in [0.05, 0.1) is 11.1 Å². The summed E-state index contributed by atoms with van der Waals surface area (Å²) in [5, 5.41) is 8.97. The average molecular weight is 392 g/mol. The highest BCUT2D eigenvalue weighted by Crippen LogP contribution is 2.29. The average Bonchev–Trinajstić information content (AvgIpc) is 2.87. The monoisotopic (exact) mass is 392 g/mol. The Morgan fingerprint density at radius 2 is 1.29 bits per heavy atom. The third kappa shape index (κ3) is 5.56. The number of aromatic carboxylic acids is 1. The lowest BCUT2D eigenvalue weighted by molar-refractivity contribution is -0.137. The highest BCUT2D eigenvalue weighted by atomic mass is 19.4. The third-order valence-corrected chi connectivity index (χ3v) is 4.98. The molecule has 1 aliphatic rings. The minimum Gasteiger partial charge on any atom is -0.478 e. The minimum atomic E-state index is -4.30. The predicted octanol–water partition coefficient (Wildman–Crippen LogP) is 4.11. The van der Waals surface area contributed by atoms with Crippen LogP contribution in [-0.4, -0.2) is 47.1 Å². The van der Waals surface area contributed by atoms with Crippen LogP contribution in [0.25, 0.3) is 0 Å². The lowest BCUT2D eigenvalue weighted by atomic mass is 10.1. The Labute approximate surface area is 162 Å². The zero-order valence-corrected chi connectivity index (χ0v) is 15.5. The van der Waals surface area contributed by atoms with Crippen LogP contribution in [-0.2, 0) is 19.3 Å². The fourth-order valence-corrected chi connectivity index (χ4v) is 3.41. The van der Waals surface area contributed by atoms with Crippen molar-refractivity contribution in [1.29, 1.82) is 0 Å². The number of halogens is 3. The molecule has 1 N–H and O–H groups in total. The van der Waals surface area contributed by atoms with Crippen molar-refractivity contribution in [2.45, 2.75) is 25.7 Å². The summed E-state index contributed by atoms with van der Waals surface area (Å²) in [4.78, 5) is 15.5. The molecule has 3 rings (SSSR count). The first kappa shape index (κ1) is 20.4. The summed E-state index contributed by atoms with van der Waals surface area (Å²) in [7, 11) is 0. The normalized spacial score (nSPS) is 16.7. The number of hydrogen-bond donors (Lipinski definition) is 1. The lowest BCUT2D eigenvalue weighted by Gasteiger charge is -2.22. The van der Waals surface area contributed by atoms with Crippen molar-refractivity contribution in [3.8, 4) is 0 Å². The molecule has 0 atom stereocenters. The molecule has 0 unspecified atom stereocenters. The van der Waals surface area contributed by atoms with Gasteiger partial charge >= 0.3 is 12.1 Å². The second-order valence-electron chi connectivity index (χ2n) is 7.10. The standard InChI is InChI=1S/C21H23F3N2O2/c22-21(23,24)19-8-4-17(5-9-19)15-26-11-1-10-25(12-13-26)14-16-2-6-18(7-3-16)20(27)28/h2-9H,1,10-15H2,(H,27,28).